The van der Waals surface area contributed by atoms with E-state index in [2.05, 4.69) is 35.7 Å². The normalized spacial score (nSPS) is 23.5. The van der Waals surface area contributed by atoms with E-state index in [4.69, 9.17) is 23.2 Å². The Morgan fingerprint density at radius 2 is 1.85 bits per heavy atom. The van der Waals surface area contributed by atoms with Crippen LogP contribution in [0, 0.1) is 5.92 Å². The minimum atomic E-state index is -0.0374. The number of aromatic hydroxyl groups is 1. The molecule has 2 N–H and O–H groups in total. The molecule has 4 heteroatoms. The minimum absolute atomic E-state index is 0.0374. The third-order valence-electron chi connectivity index (χ3n) is 5.69. The van der Waals surface area contributed by atoms with E-state index in [0.29, 0.717) is 21.7 Å². The van der Waals surface area contributed by atoms with Crippen molar-refractivity contribution in [1.82, 2.24) is 0 Å². The van der Waals surface area contributed by atoms with Crippen LogP contribution in [-0.4, -0.2) is 5.11 Å². The molecule has 0 spiro atoms. The van der Waals surface area contributed by atoms with Crippen LogP contribution in [0.5, 0.6) is 5.75 Å². The van der Waals surface area contributed by atoms with Crippen LogP contribution < -0.4 is 5.32 Å². The zero-order valence-electron chi connectivity index (χ0n) is 13.9. The lowest BCUT2D eigenvalue weighted by Crippen LogP contribution is -2.29. The monoisotopic (exact) mass is 381 g/mol. The number of rotatable bonds is 1. The lowest BCUT2D eigenvalue weighted by atomic mass is 9.76. The van der Waals surface area contributed by atoms with Crippen molar-refractivity contribution in [3.63, 3.8) is 0 Å². The summed E-state index contributed by atoms with van der Waals surface area (Å²) in [7, 11) is 0. The van der Waals surface area contributed by atoms with Gasteiger partial charge in [-0.2, -0.15) is 0 Å². The fourth-order valence-electron chi connectivity index (χ4n) is 4.50. The molecule has 3 aromatic carbocycles. The molecular weight excluding hydrogens is 365 g/mol. The first-order valence-electron chi connectivity index (χ1n) is 8.77. The smallest absolute Gasteiger partial charge is 0.121 e. The number of phenols is 1. The van der Waals surface area contributed by atoms with E-state index >= 15 is 0 Å². The molecule has 26 heavy (non-hydrogen) atoms. The molecule has 0 saturated heterocycles. The molecular formula is C22H17Cl2NO. The van der Waals surface area contributed by atoms with Crippen molar-refractivity contribution in [2.75, 3.05) is 5.32 Å². The van der Waals surface area contributed by atoms with Gasteiger partial charge in [-0.05, 0) is 40.8 Å². The van der Waals surface area contributed by atoms with E-state index in [1.807, 2.05) is 24.3 Å². The highest BCUT2D eigenvalue weighted by atomic mass is 35.5. The summed E-state index contributed by atoms with van der Waals surface area (Å²) in [6.07, 6.45) is 5.44. The van der Waals surface area contributed by atoms with Crippen LogP contribution in [0.1, 0.15) is 29.5 Å². The molecule has 2 aliphatic rings. The number of fused-ring (bicyclic) bond motifs is 4. The van der Waals surface area contributed by atoms with Crippen LogP contribution >= 0.6 is 23.2 Å². The summed E-state index contributed by atoms with van der Waals surface area (Å²) < 4.78 is 0. The van der Waals surface area contributed by atoms with Crippen LogP contribution in [-0.2, 0) is 0 Å². The Labute approximate surface area is 162 Å². The molecule has 130 valence electrons. The van der Waals surface area contributed by atoms with E-state index in [-0.39, 0.29) is 12.0 Å². The molecule has 5 rings (SSSR count). The van der Waals surface area contributed by atoms with Gasteiger partial charge in [0.1, 0.15) is 5.75 Å². The van der Waals surface area contributed by atoms with Crippen LogP contribution in [0.25, 0.3) is 10.8 Å². The molecule has 0 fully saturated rings. The Bertz CT molecular complexity index is 1060. The van der Waals surface area contributed by atoms with Crippen LogP contribution in [0.4, 0.5) is 5.69 Å². The average molecular weight is 382 g/mol. The number of hydrogen-bond acceptors (Lipinski definition) is 2. The van der Waals surface area contributed by atoms with Gasteiger partial charge in [0.2, 0.25) is 0 Å². The molecule has 1 aliphatic carbocycles. The Kier molecular flexibility index (Phi) is 3.66. The molecule has 2 nitrogen and oxygen atoms in total. The van der Waals surface area contributed by atoms with Gasteiger partial charge >= 0.3 is 0 Å². The average Bonchev–Trinajstić information content (AvgIpc) is 3.14. The topological polar surface area (TPSA) is 32.3 Å². The van der Waals surface area contributed by atoms with Crippen molar-refractivity contribution >= 4 is 39.7 Å². The van der Waals surface area contributed by atoms with E-state index in [0.717, 1.165) is 28.4 Å². The van der Waals surface area contributed by atoms with Crippen molar-refractivity contribution in [2.24, 2.45) is 5.92 Å². The largest absolute Gasteiger partial charge is 0.508 e. The number of halogens is 2. The van der Waals surface area contributed by atoms with Crippen LogP contribution in [0.2, 0.25) is 10.0 Å². The molecule has 3 unspecified atom stereocenters. The van der Waals surface area contributed by atoms with Gasteiger partial charge in [-0.25, -0.2) is 0 Å². The van der Waals surface area contributed by atoms with Gasteiger partial charge in [-0.1, -0.05) is 71.8 Å². The van der Waals surface area contributed by atoms with Gasteiger partial charge in [0.15, 0.2) is 0 Å². The summed E-state index contributed by atoms with van der Waals surface area (Å²) in [4.78, 5) is 0. The maximum absolute atomic E-state index is 10.7. The maximum Gasteiger partial charge on any atom is 0.121 e. The first kappa shape index (κ1) is 16.0. The SMILES string of the molecule is Oc1ccc2ccccc2c1C1Nc2c(ccc(Cl)c2Cl)C2C=CCC21. The second-order valence-electron chi connectivity index (χ2n) is 7.02. The number of nitrogens with one attached hydrogen (secondary N) is 1. The summed E-state index contributed by atoms with van der Waals surface area (Å²) in [5.41, 5.74) is 2.99. The standard InChI is InChI=1S/C22H17Cl2NO/c23-17-10-9-16-14-6-3-7-15(14)21(25-22(16)20(17)24)19-13-5-2-1-4-12(13)8-11-18(19)26/h1-6,8-11,14-15,21,25-26H,7H2. The predicted molar refractivity (Wildman–Crippen MR) is 108 cm³/mol. The zero-order valence-corrected chi connectivity index (χ0v) is 15.4. The van der Waals surface area contributed by atoms with Crippen molar-refractivity contribution in [2.45, 2.75) is 18.4 Å². The van der Waals surface area contributed by atoms with Crippen molar-refractivity contribution < 1.29 is 5.11 Å². The van der Waals surface area contributed by atoms with Gasteiger partial charge in [0.25, 0.3) is 0 Å². The second-order valence-corrected chi connectivity index (χ2v) is 7.81. The lowest BCUT2D eigenvalue weighted by molar-refractivity contribution is 0.405. The Hall–Kier alpha value is -2.16. The molecule has 0 radical (unpaired) electrons. The highest BCUT2D eigenvalue weighted by molar-refractivity contribution is 6.43. The van der Waals surface area contributed by atoms with Crippen molar-refractivity contribution in [3.05, 3.63) is 81.9 Å². The predicted octanol–water partition coefficient (Wildman–Crippen LogP) is 6.68. The van der Waals surface area contributed by atoms with Crippen molar-refractivity contribution in [3.8, 4) is 5.75 Å². The Morgan fingerprint density at radius 1 is 1.00 bits per heavy atom. The third-order valence-corrected chi connectivity index (χ3v) is 6.49. The summed E-state index contributed by atoms with van der Waals surface area (Å²) in [6, 6.07) is 15.8. The summed E-state index contributed by atoms with van der Waals surface area (Å²) in [5.74, 6) is 0.911. The fraction of sp³-hybridized carbons (Fsp3) is 0.182. The number of benzene rings is 3. The lowest BCUT2D eigenvalue weighted by Gasteiger charge is -2.38. The van der Waals surface area contributed by atoms with Gasteiger partial charge in [0.05, 0.1) is 21.8 Å². The first-order chi connectivity index (χ1) is 12.6. The second kappa shape index (κ2) is 5.94. The Morgan fingerprint density at radius 3 is 2.73 bits per heavy atom. The maximum atomic E-state index is 10.7. The third kappa shape index (κ3) is 2.26. The van der Waals surface area contributed by atoms with E-state index in [1.54, 1.807) is 6.07 Å². The van der Waals surface area contributed by atoms with Crippen LogP contribution in [0.3, 0.4) is 0 Å². The highest BCUT2D eigenvalue weighted by Crippen LogP contribution is 2.54. The van der Waals surface area contributed by atoms with Gasteiger partial charge in [0, 0.05) is 11.5 Å². The fourth-order valence-corrected chi connectivity index (χ4v) is 4.88. The molecule has 1 heterocycles. The number of anilines is 1. The number of hydrogen-bond donors (Lipinski definition) is 2. The zero-order chi connectivity index (χ0) is 17.8. The van der Waals surface area contributed by atoms with Gasteiger partial charge in [-0.3, -0.25) is 0 Å². The van der Waals surface area contributed by atoms with Crippen molar-refractivity contribution in [1.29, 1.82) is 0 Å². The molecule has 0 bridgehead atoms. The number of phenolic OH excluding ortho intramolecular Hbond substituents is 1. The number of allylic oxidation sites excluding steroid dienone is 2. The minimum Gasteiger partial charge on any atom is -0.508 e. The molecule has 0 saturated carbocycles. The van der Waals surface area contributed by atoms with E-state index < -0.39 is 0 Å². The molecule has 0 aromatic heterocycles. The van der Waals surface area contributed by atoms with Gasteiger partial charge < -0.3 is 10.4 Å². The first-order valence-corrected chi connectivity index (χ1v) is 9.52. The Balaban J connectivity index is 1.74. The molecule has 0 amide bonds. The van der Waals surface area contributed by atoms with E-state index in [1.165, 1.54) is 5.56 Å². The highest BCUT2D eigenvalue weighted by Gasteiger charge is 2.40. The van der Waals surface area contributed by atoms with E-state index in [9.17, 15) is 5.11 Å². The molecule has 3 aromatic rings. The summed E-state index contributed by atoms with van der Waals surface area (Å²) >= 11 is 12.8. The molecule has 3 atom stereocenters. The summed E-state index contributed by atoms with van der Waals surface area (Å²) in [6.45, 7) is 0. The van der Waals surface area contributed by atoms with Gasteiger partial charge in [-0.15, -0.1) is 0 Å². The summed E-state index contributed by atoms with van der Waals surface area (Å²) in [5, 5.41) is 17.6. The molecule has 1 aliphatic heterocycles. The quantitative estimate of drug-likeness (QED) is 0.460. The van der Waals surface area contributed by atoms with Crippen LogP contribution in [0.15, 0.2) is 60.7 Å².